The van der Waals surface area contributed by atoms with Gasteiger partial charge in [0.1, 0.15) is 18.0 Å². The van der Waals surface area contributed by atoms with Crippen LogP contribution in [0.4, 0.5) is 14.5 Å². The van der Waals surface area contributed by atoms with Crippen LogP contribution in [0.3, 0.4) is 0 Å². The van der Waals surface area contributed by atoms with Gasteiger partial charge < -0.3 is 0 Å². The van der Waals surface area contributed by atoms with Crippen molar-refractivity contribution in [2.75, 3.05) is 5.43 Å². The van der Waals surface area contributed by atoms with Gasteiger partial charge in [-0.3, -0.25) is 5.43 Å². The number of nitriles is 2. The molecule has 86 valence electrons. The van der Waals surface area contributed by atoms with Crippen molar-refractivity contribution < 1.29 is 8.78 Å². The van der Waals surface area contributed by atoms with Crippen LogP contribution in [-0.2, 0) is 0 Å². The van der Waals surface area contributed by atoms with Crippen molar-refractivity contribution in [3.8, 4) is 12.1 Å². The molecule has 1 aromatic rings. The molecule has 0 aliphatic carbocycles. The number of rotatable bonds is 2. The van der Waals surface area contributed by atoms with Crippen molar-refractivity contribution in [3.63, 3.8) is 0 Å². The van der Waals surface area contributed by atoms with Gasteiger partial charge >= 0.3 is 0 Å². The zero-order valence-electron chi connectivity index (χ0n) is 7.93. The maximum Gasteiger partial charge on any atom is 0.237 e. The molecule has 0 heterocycles. The summed E-state index contributed by atoms with van der Waals surface area (Å²) in [7, 11) is 0. The third kappa shape index (κ3) is 2.99. The molecule has 17 heavy (non-hydrogen) atoms. The molecule has 0 aliphatic rings. The highest BCUT2D eigenvalue weighted by Crippen LogP contribution is 2.33. The van der Waals surface area contributed by atoms with E-state index in [1.807, 2.05) is 0 Å². The lowest BCUT2D eigenvalue weighted by atomic mass is 10.3. The molecule has 0 radical (unpaired) electrons. The summed E-state index contributed by atoms with van der Waals surface area (Å²) < 4.78 is 26.2. The highest BCUT2D eigenvalue weighted by Gasteiger charge is 2.14. The fourth-order valence-electron chi connectivity index (χ4n) is 0.845. The Morgan fingerprint density at radius 3 is 2.35 bits per heavy atom. The van der Waals surface area contributed by atoms with Gasteiger partial charge in [0.15, 0.2) is 5.82 Å². The molecule has 4 nitrogen and oxygen atoms in total. The second kappa shape index (κ2) is 5.71. The first-order chi connectivity index (χ1) is 8.01. The fraction of sp³-hybridized carbons (Fsp3) is 0. The standard InChI is InChI=1S/C9H2Br2F2N4/c10-7-5(12)1-6(8(11)9(7)13)17-16-4(2-14)3-15/h1,17H. The Balaban J connectivity index is 3.15. The van der Waals surface area contributed by atoms with E-state index >= 15 is 0 Å². The highest BCUT2D eigenvalue weighted by molar-refractivity contribution is 9.11. The first-order valence-electron chi connectivity index (χ1n) is 3.98. The Labute approximate surface area is 112 Å². The summed E-state index contributed by atoms with van der Waals surface area (Å²) in [5.74, 6) is -1.68. The van der Waals surface area contributed by atoms with E-state index in [0.717, 1.165) is 6.07 Å². The number of hydrogen-bond acceptors (Lipinski definition) is 4. The van der Waals surface area contributed by atoms with Gasteiger partial charge in [-0.1, -0.05) is 0 Å². The summed E-state index contributed by atoms with van der Waals surface area (Å²) >= 11 is 5.61. The van der Waals surface area contributed by atoms with Crippen molar-refractivity contribution in [2.45, 2.75) is 0 Å². The van der Waals surface area contributed by atoms with Crippen LogP contribution in [0.15, 0.2) is 20.1 Å². The van der Waals surface area contributed by atoms with E-state index in [1.54, 1.807) is 0 Å². The van der Waals surface area contributed by atoms with Crippen LogP contribution in [0.2, 0.25) is 0 Å². The number of hydrogen-bond donors (Lipinski definition) is 1. The second-order valence-electron chi connectivity index (χ2n) is 2.64. The molecular weight excluding hydrogens is 362 g/mol. The van der Waals surface area contributed by atoms with Crippen LogP contribution in [0.5, 0.6) is 0 Å². The van der Waals surface area contributed by atoms with Gasteiger partial charge in [0, 0.05) is 6.07 Å². The average Bonchev–Trinajstić information content (AvgIpc) is 2.33. The zero-order valence-corrected chi connectivity index (χ0v) is 11.1. The van der Waals surface area contributed by atoms with Gasteiger partial charge in [0.2, 0.25) is 5.71 Å². The van der Waals surface area contributed by atoms with Crippen LogP contribution in [0, 0.1) is 34.3 Å². The number of nitrogens with zero attached hydrogens (tertiary/aromatic N) is 3. The third-order valence-corrected chi connectivity index (χ3v) is 3.10. The maximum atomic E-state index is 13.4. The van der Waals surface area contributed by atoms with E-state index in [-0.39, 0.29) is 14.6 Å². The Morgan fingerprint density at radius 1 is 1.24 bits per heavy atom. The van der Waals surface area contributed by atoms with Gasteiger partial charge in [-0.05, 0) is 31.9 Å². The molecule has 0 aromatic heterocycles. The number of halogens is 4. The average molecular weight is 364 g/mol. The summed E-state index contributed by atoms with van der Waals surface area (Å²) in [4.78, 5) is 0. The van der Waals surface area contributed by atoms with Crippen molar-refractivity contribution in [1.82, 2.24) is 0 Å². The van der Waals surface area contributed by atoms with Crippen molar-refractivity contribution in [2.24, 2.45) is 5.10 Å². The van der Waals surface area contributed by atoms with Crippen LogP contribution in [0.1, 0.15) is 0 Å². The lowest BCUT2D eigenvalue weighted by molar-refractivity contribution is 0.568. The van der Waals surface area contributed by atoms with Crippen LogP contribution in [0.25, 0.3) is 0 Å². The smallest absolute Gasteiger partial charge is 0.237 e. The molecule has 0 spiro atoms. The van der Waals surface area contributed by atoms with E-state index in [2.05, 4.69) is 42.4 Å². The van der Waals surface area contributed by atoms with Gasteiger partial charge in [-0.2, -0.15) is 15.6 Å². The van der Waals surface area contributed by atoms with E-state index in [4.69, 9.17) is 10.5 Å². The molecule has 1 N–H and O–H groups in total. The van der Waals surface area contributed by atoms with E-state index in [0.29, 0.717) is 0 Å². The monoisotopic (exact) mass is 362 g/mol. The molecule has 0 atom stereocenters. The lowest BCUT2D eigenvalue weighted by Crippen LogP contribution is -1.99. The number of anilines is 1. The molecule has 0 unspecified atom stereocenters. The number of nitrogens with one attached hydrogen (secondary N) is 1. The van der Waals surface area contributed by atoms with Crippen molar-refractivity contribution in [3.05, 3.63) is 26.6 Å². The van der Waals surface area contributed by atoms with E-state index < -0.39 is 17.3 Å². The molecule has 0 saturated carbocycles. The molecule has 1 rings (SSSR count). The minimum Gasteiger partial charge on any atom is -0.275 e. The van der Waals surface area contributed by atoms with Crippen LogP contribution < -0.4 is 5.43 Å². The third-order valence-electron chi connectivity index (χ3n) is 1.60. The van der Waals surface area contributed by atoms with E-state index in [9.17, 15) is 8.78 Å². The summed E-state index contributed by atoms with van der Waals surface area (Å²) in [6, 6.07) is 3.96. The normalized spacial score (nSPS) is 9.06. The molecular formula is C9H2Br2F2N4. The SMILES string of the molecule is N#CC(C#N)=NNc1cc(F)c(Br)c(F)c1Br. The molecule has 0 amide bonds. The topological polar surface area (TPSA) is 72.0 Å². The Kier molecular flexibility index (Phi) is 4.55. The van der Waals surface area contributed by atoms with Crippen LogP contribution in [-0.4, -0.2) is 5.71 Å². The highest BCUT2D eigenvalue weighted by atomic mass is 79.9. The fourth-order valence-corrected chi connectivity index (χ4v) is 1.83. The molecule has 0 bridgehead atoms. The summed E-state index contributed by atoms with van der Waals surface area (Å²) in [5.41, 5.74) is 1.73. The number of benzene rings is 1. The summed E-state index contributed by atoms with van der Waals surface area (Å²) in [6.07, 6.45) is 0. The molecule has 0 fully saturated rings. The van der Waals surface area contributed by atoms with E-state index in [1.165, 1.54) is 12.1 Å². The van der Waals surface area contributed by atoms with Gasteiger partial charge in [0.05, 0.1) is 14.6 Å². The Morgan fingerprint density at radius 2 is 1.82 bits per heavy atom. The lowest BCUT2D eigenvalue weighted by Gasteiger charge is -2.06. The van der Waals surface area contributed by atoms with Crippen molar-refractivity contribution in [1.29, 1.82) is 10.5 Å². The number of hydrazone groups is 1. The minimum atomic E-state index is -0.849. The van der Waals surface area contributed by atoms with Gasteiger partial charge in [-0.15, -0.1) is 0 Å². The Bertz CT molecular complexity index is 556. The molecule has 0 aliphatic heterocycles. The predicted molar refractivity (Wildman–Crippen MR) is 64.0 cm³/mol. The molecule has 8 heteroatoms. The first kappa shape index (κ1) is 13.6. The van der Waals surface area contributed by atoms with Gasteiger partial charge in [-0.25, -0.2) is 8.78 Å². The quantitative estimate of drug-likeness (QED) is 0.379. The zero-order chi connectivity index (χ0) is 13.0. The molecule has 0 saturated heterocycles. The van der Waals surface area contributed by atoms with Crippen LogP contribution >= 0.6 is 31.9 Å². The summed E-state index contributed by atoms with van der Waals surface area (Å²) in [6.45, 7) is 0. The second-order valence-corrected chi connectivity index (χ2v) is 4.23. The largest absolute Gasteiger partial charge is 0.275 e. The summed E-state index contributed by atoms with van der Waals surface area (Å²) in [5, 5.41) is 20.2. The van der Waals surface area contributed by atoms with Gasteiger partial charge in [0.25, 0.3) is 0 Å². The Hall–Kier alpha value is -1.51. The van der Waals surface area contributed by atoms with Crippen molar-refractivity contribution >= 4 is 43.3 Å². The predicted octanol–water partition coefficient (Wildman–Crippen LogP) is 3.30. The maximum absolute atomic E-state index is 13.4. The minimum absolute atomic E-state index is 0.0359. The molecule has 1 aromatic carbocycles. The first-order valence-corrected chi connectivity index (χ1v) is 5.56.